The zero-order chi connectivity index (χ0) is 13.9. The van der Waals surface area contributed by atoms with Crippen molar-refractivity contribution in [2.24, 2.45) is 0 Å². The summed E-state index contributed by atoms with van der Waals surface area (Å²) in [4.78, 5) is 0. The van der Waals surface area contributed by atoms with Gasteiger partial charge in [0.05, 0.1) is 0 Å². The fourth-order valence-electron chi connectivity index (χ4n) is 2.59. The maximum absolute atomic E-state index is 3.36. The lowest BCUT2D eigenvalue weighted by Crippen LogP contribution is -2.02. The second-order valence-electron chi connectivity index (χ2n) is 5.38. The molecule has 1 aliphatic carbocycles. The van der Waals surface area contributed by atoms with Crippen molar-refractivity contribution < 1.29 is 0 Å². The van der Waals surface area contributed by atoms with Crippen molar-refractivity contribution in [1.82, 2.24) is 0 Å². The van der Waals surface area contributed by atoms with Gasteiger partial charge in [-0.25, -0.2) is 0 Å². The van der Waals surface area contributed by atoms with Crippen LogP contribution in [0.25, 0.3) is 0 Å². The van der Waals surface area contributed by atoms with Crippen molar-refractivity contribution in [3.8, 4) is 0 Å². The molecule has 0 saturated carbocycles. The number of hydrogen-bond donors (Lipinski definition) is 0. The molecule has 0 unspecified atom stereocenters. The number of rotatable bonds is 3. The van der Waals surface area contributed by atoms with Gasteiger partial charge < -0.3 is 0 Å². The average Bonchev–Trinajstić information content (AvgIpc) is 2.97. The third kappa shape index (κ3) is 2.52. The predicted molar refractivity (Wildman–Crippen MR) is 84.9 cm³/mol. The molecule has 3 rings (SSSR count). The molecule has 0 N–H and O–H groups in total. The SMILES string of the molecule is Cc1ccc(C(C2=C=CC=C2)c2ccc(C)cc2)cc1. The molecule has 0 heterocycles. The zero-order valence-electron chi connectivity index (χ0n) is 11.9. The first kappa shape index (κ1) is 12.7. The van der Waals surface area contributed by atoms with Crippen LogP contribution < -0.4 is 0 Å². The molecule has 98 valence electrons. The van der Waals surface area contributed by atoms with Crippen molar-refractivity contribution >= 4 is 0 Å². The van der Waals surface area contributed by atoms with Crippen LogP contribution in [-0.4, -0.2) is 0 Å². The van der Waals surface area contributed by atoms with Gasteiger partial charge in [0.25, 0.3) is 0 Å². The molecule has 0 aromatic heterocycles. The van der Waals surface area contributed by atoms with Gasteiger partial charge >= 0.3 is 0 Å². The molecule has 0 aliphatic heterocycles. The van der Waals surface area contributed by atoms with Crippen LogP contribution in [0.4, 0.5) is 0 Å². The van der Waals surface area contributed by atoms with Crippen LogP contribution in [0.3, 0.4) is 0 Å². The van der Waals surface area contributed by atoms with Crippen molar-refractivity contribution in [1.29, 1.82) is 0 Å². The second kappa shape index (κ2) is 5.36. The van der Waals surface area contributed by atoms with E-state index in [1.807, 2.05) is 6.08 Å². The lowest BCUT2D eigenvalue weighted by atomic mass is 9.85. The Hall–Kier alpha value is -2.30. The van der Waals surface area contributed by atoms with Gasteiger partial charge in [0.1, 0.15) is 0 Å². The largest absolute Gasteiger partial charge is 0.116 e. The number of allylic oxidation sites excluding steroid dienone is 3. The number of benzene rings is 2. The third-order valence-electron chi connectivity index (χ3n) is 3.75. The highest BCUT2D eigenvalue weighted by atomic mass is 14.2. The molecule has 0 fully saturated rings. The molecule has 0 bridgehead atoms. The molecular weight excluding hydrogens is 240 g/mol. The van der Waals surface area contributed by atoms with Gasteiger partial charge in [0, 0.05) is 11.5 Å². The summed E-state index contributed by atoms with van der Waals surface area (Å²) in [5.74, 6) is 0.270. The van der Waals surface area contributed by atoms with Gasteiger partial charge in [-0.2, -0.15) is 0 Å². The van der Waals surface area contributed by atoms with E-state index >= 15 is 0 Å². The minimum absolute atomic E-state index is 0.270. The minimum atomic E-state index is 0.270. The quantitative estimate of drug-likeness (QED) is 0.673. The number of aryl methyl sites for hydroxylation is 2. The highest BCUT2D eigenvalue weighted by Crippen LogP contribution is 2.33. The first-order valence-corrected chi connectivity index (χ1v) is 7.00. The summed E-state index contributed by atoms with van der Waals surface area (Å²) in [7, 11) is 0. The van der Waals surface area contributed by atoms with Crippen molar-refractivity contribution in [2.45, 2.75) is 19.8 Å². The summed E-state index contributed by atoms with van der Waals surface area (Å²) >= 11 is 0. The smallest absolute Gasteiger partial charge is 0.0413 e. The summed E-state index contributed by atoms with van der Waals surface area (Å²) in [6, 6.07) is 17.6. The van der Waals surface area contributed by atoms with Crippen LogP contribution in [0.2, 0.25) is 0 Å². The molecule has 0 amide bonds. The minimum Gasteiger partial charge on any atom is -0.116 e. The van der Waals surface area contributed by atoms with Crippen LogP contribution in [0.15, 0.2) is 78.1 Å². The summed E-state index contributed by atoms with van der Waals surface area (Å²) in [5, 5.41) is 0. The molecule has 0 saturated heterocycles. The van der Waals surface area contributed by atoms with Crippen LogP contribution in [0, 0.1) is 13.8 Å². The summed E-state index contributed by atoms with van der Waals surface area (Å²) in [5.41, 5.74) is 9.83. The van der Waals surface area contributed by atoms with Crippen LogP contribution in [-0.2, 0) is 0 Å². The second-order valence-corrected chi connectivity index (χ2v) is 5.38. The van der Waals surface area contributed by atoms with Gasteiger partial charge in [-0.05, 0) is 37.1 Å². The maximum Gasteiger partial charge on any atom is 0.0413 e. The molecule has 0 radical (unpaired) electrons. The van der Waals surface area contributed by atoms with E-state index in [2.05, 4.69) is 80.3 Å². The van der Waals surface area contributed by atoms with E-state index in [9.17, 15) is 0 Å². The molecule has 0 spiro atoms. The van der Waals surface area contributed by atoms with Crippen LogP contribution >= 0.6 is 0 Å². The Balaban J connectivity index is 2.09. The summed E-state index contributed by atoms with van der Waals surface area (Å²) < 4.78 is 0. The maximum atomic E-state index is 3.36. The predicted octanol–water partition coefficient (Wildman–Crippen LogP) is 5.09. The summed E-state index contributed by atoms with van der Waals surface area (Å²) in [6.45, 7) is 4.25. The van der Waals surface area contributed by atoms with Crippen molar-refractivity contribution in [3.63, 3.8) is 0 Å². The fourth-order valence-corrected chi connectivity index (χ4v) is 2.59. The standard InChI is InChI=1S/C20H18/c1-15-7-11-18(12-8-15)20(17-5-3-4-6-17)19-13-9-16(2)10-14-19/h3-5,7-14,20H,1-2H3. The molecule has 0 heteroatoms. The normalized spacial score (nSPS) is 13.1. The van der Waals surface area contributed by atoms with E-state index in [4.69, 9.17) is 0 Å². The Morgan fingerprint density at radius 3 is 1.65 bits per heavy atom. The Labute approximate surface area is 120 Å². The van der Waals surface area contributed by atoms with Crippen LogP contribution in [0.5, 0.6) is 0 Å². The Morgan fingerprint density at radius 2 is 1.25 bits per heavy atom. The van der Waals surface area contributed by atoms with E-state index in [1.165, 1.54) is 27.8 Å². The third-order valence-corrected chi connectivity index (χ3v) is 3.75. The Morgan fingerprint density at radius 1 is 0.750 bits per heavy atom. The Kier molecular flexibility index (Phi) is 3.41. The highest BCUT2D eigenvalue weighted by Gasteiger charge is 2.18. The van der Waals surface area contributed by atoms with Crippen molar-refractivity contribution in [3.05, 3.63) is 100 Å². The lowest BCUT2D eigenvalue weighted by molar-refractivity contribution is 0.980. The van der Waals surface area contributed by atoms with E-state index < -0.39 is 0 Å². The monoisotopic (exact) mass is 258 g/mol. The molecule has 0 atom stereocenters. The van der Waals surface area contributed by atoms with Crippen LogP contribution in [0.1, 0.15) is 28.2 Å². The molecule has 20 heavy (non-hydrogen) atoms. The molecular formula is C20H18. The fraction of sp³-hybridized carbons (Fsp3) is 0.150. The molecule has 1 aliphatic rings. The van der Waals surface area contributed by atoms with E-state index in [-0.39, 0.29) is 5.92 Å². The average molecular weight is 258 g/mol. The van der Waals surface area contributed by atoms with E-state index in [0.29, 0.717) is 0 Å². The Bertz CT molecular complexity index is 645. The molecule has 2 aromatic carbocycles. The summed E-state index contributed by atoms with van der Waals surface area (Å²) in [6.07, 6.45) is 6.21. The highest BCUT2D eigenvalue weighted by molar-refractivity contribution is 5.48. The number of hydrogen-bond acceptors (Lipinski definition) is 0. The van der Waals surface area contributed by atoms with Gasteiger partial charge in [-0.15, -0.1) is 5.73 Å². The van der Waals surface area contributed by atoms with Gasteiger partial charge in [-0.1, -0.05) is 65.7 Å². The van der Waals surface area contributed by atoms with Gasteiger partial charge in [0.2, 0.25) is 0 Å². The zero-order valence-corrected chi connectivity index (χ0v) is 11.9. The first-order chi connectivity index (χ1) is 9.74. The topological polar surface area (TPSA) is 0 Å². The van der Waals surface area contributed by atoms with Gasteiger partial charge in [-0.3, -0.25) is 0 Å². The molecule has 2 aromatic rings. The van der Waals surface area contributed by atoms with Gasteiger partial charge in [0.15, 0.2) is 0 Å². The van der Waals surface area contributed by atoms with E-state index in [0.717, 1.165) is 0 Å². The van der Waals surface area contributed by atoms with Crippen molar-refractivity contribution in [2.75, 3.05) is 0 Å². The lowest BCUT2D eigenvalue weighted by Gasteiger charge is -2.18. The molecule has 0 nitrogen and oxygen atoms in total. The first-order valence-electron chi connectivity index (χ1n) is 7.00. The van der Waals surface area contributed by atoms with E-state index in [1.54, 1.807) is 0 Å².